The number of nitrogens with zero attached hydrogens (tertiary/aromatic N) is 2. The largest absolute Gasteiger partial charge is 0.481 e. The van der Waals surface area contributed by atoms with E-state index in [0.29, 0.717) is 12.8 Å². The summed E-state index contributed by atoms with van der Waals surface area (Å²) in [6, 6.07) is -0.109. The molecule has 2 rings (SSSR count). The van der Waals surface area contributed by atoms with E-state index in [4.69, 9.17) is 5.11 Å². The van der Waals surface area contributed by atoms with E-state index >= 15 is 0 Å². The molecule has 0 saturated carbocycles. The van der Waals surface area contributed by atoms with Crippen LogP contribution in [0, 0.1) is 13.8 Å². The van der Waals surface area contributed by atoms with Crippen LogP contribution in [-0.2, 0) is 21.1 Å². The molecular formula is C12H18N2O4S. The zero-order valence-corrected chi connectivity index (χ0v) is 11.9. The van der Waals surface area contributed by atoms with Crippen molar-refractivity contribution in [3.8, 4) is 0 Å². The van der Waals surface area contributed by atoms with Crippen molar-refractivity contribution >= 4 is 15.8 Å². The Kier molecular flexibility index (Phi) is 3.66. The van der Waals surface area contributed by atoms with Crippen molar-refractivity contribution in [2.45, 2.75) is 39.2 Å². The number of aromatic nitrogens is 2. The van der Waals surface area contributed by atoms with Crippen LogP contribution in [0.5, 0.6) is 0 Å². The second-order valence-electron chi connectivity index (χ2n) is 5.04. The highest BCUT2D eigenvalue weighted by Crippen LogP contribution is 2.27. The molecule has 0 amide bonds. The van der Waals surface area contributed by atoms with Crippen LogP contribution in [0.3, 0.4) is 0 Å². The first kappa shape index (κ1) is 14.0. The van der Waals surface area contributed by atoms with Crippen molar-refractivity contribution in [1.82, 2.24) is 9.78 Å². The number of hydrogen-bond donors (Lipinski definition) is 1. The van der Waals surface area contributed by atoms with Gasteiger partial charge in [0.25, 0.3) is 0 Å². The lowest BCUT2D eigenvalue weighted by Gasteiger charge is -2.11. The first-order valence-electron chi connectivity index (χ1n) is 6.27. The van der Waals surface area contributed by atoms with Gasteiger partial charge in [0.2, 0.25) is 0 Å². The van der Waals surface area contributed by atoms with E-state index in [1.807, 2.05) is 13.8 Å². The zero-order chi connectivity index (χ0) is 14.2. The van der Waals surface area contributed by atoms with Gasteiger partial charge in [0.05, 0.1) is 23.2 Å². The van der Waals surface area contributed by atoms with Gasteiger partial charge in [-0.3, -0.25) is 9.48 Å². The van der Waals surface area contributed by atoms with Crippen LogP contribution in [0.4, 0.5) is 0 Å². The van der Waals surface area contributed by atoms with Gasteiger partial charge in [-0.2, -0.15) is 5.10 Å². The van der Waals surface area contributed by atoms with E-state index in [1.165, 1.54) is 0 Å². The Morgan fingerprint density at radius 3 is 2.68 bits per heavy atom. The fourth-order valence-corrected chi connectivity index (χ4v) is 4.31. The van der Waals surface area contributed by atoms with Gasteiger partial charge >= 0.3 is 5.97 Å². The number of aliphatic carboxylic acids is 1. The average Bonchev–Trinajstić information content (AvgIpc) is 2.77. The highest BCUT2D eigenvalue weighted by atomic mass is 32.2. The van der Waals surface area contributed by atoms with Crippen molar-refractivity contribution in [2.75, 3.05) is 11.5 Å². The maximum atomic E-state index is 11.5. The number of sulfone groups is 1. The lowest BCUT2D eigenvalue weighted by Crippen LogP contribution is -2.14. The monoisotopic (exact) mass is 286 g/mol. The summed E-state index contributed by atoms with van der Waals surface area (Å²) in [5.74, 6) is -0.497. The Hall–Kier alpha value is -1.37. The Labute approximate surface area is 112 Å². The minimum atomic E-state index is -2.94. The lowest BCUT2D eigenvalue weighted by atomic mass is 10.1. The van der Waals surface area contributed by atoms with E-state index in [9.17, 15) is 13.2 Å². The van der Waals surface area contributed by atoms with Crippen LogP contribution >= 0.6 is 0 Å². The fourth-order valence-electron chi connectivity index (χ4n) is 2.61. The van der Waals surface area contributed by atoms with E-state index in [1.54, 1.807) is 4.68 Å². The van der Waals surface area contributed by atoms with E-state index in [0.717, 1.165) is 17.0 Å². The zero-order valence-electron chi connectivity index (χ0n) is 11.1. The minimum Gasteiger partial charge on any atom is -0.481 e. The molecule has 0 aliphatic carbocycles. The highest BCUT2D eigenvalue weighted by Gasteiger charge is 2.31. The van der Waals surface area contributed by atoms with Crippen LogP contribution in [0.25, 0.3) is 0 Å². The van der Waals surface area contributed by atoms with E-state index in [2.05, 4.69) is 5.10 Å². The summed E-state index contributed by atoms with van der Waals surface area (Å²) in [5, 5.41) is 13.1. The van der Waals surface area contributed by atoms with Gasteiger partial charge in [0, 0.05) is 12.1 Å². The van der Waals surface area contributed by atoms with Gasteiger partial charge < -0.3 is 5.11 Å². The Morgan fingerprint density at radius 2 is 2.16 bits per heavy atom. The molecule has 106 valence electrons. The van der Waals surface area contributed by atoms with Crippen molar-refractivity contribution < 1.29 is 18.3 Å². The molecule has 1 aliphatic rings. The molecule has 19 heavy (non-hydrogen) atoms. The Morgan fingerprint density at radius 1 is 1.47 bits per heavy atom. The van der Waals surface area contributed by atoms with Crippen molar-refractivity contribution in [2.24, 2.45) is 0 Å². The van der Waals surface area contributed by atoms with Gasteiger partial charge in [0.1, 0.15) is 0 Å². The molecule has 1 atom stereocenters. The van der Waals surface area contributed by atoms with Gasteiger partial charge in [-0.25, -0.2) is 8.42 Å². The molecule has 6 nitrogen and oxygen atoms in total. The van der Waals surface area contributed by atoms with Gasteiger partial charge in [-0.15, -0.1) is 0 Å². The van der Waals surface area contributed by atoms with E-state index < -0.39 is 15.8 Å². The Balaban J connectivity index is 2.24. The van der Waals surface area contributed by atoms with Crippen molar-refractivity contribution in [3.63, 3.8) is 0 Å². The standard InChI is InChI=1S/C12H18N2O4S/c1-8-11(3-4-12(15)16)9(2)14(13-8)10-5-6-19(17,18)7-10/h10H,3-7H2,1-2H3,(H,15,16). The highest BCUT2D eigenvalue weighted by molar-refractivity contribution is 7.91. The predicted molar refractivity (Wildman–Crippen MR) is 70.0 cm³/mol. The van der Waals surface area contributed by atoms with Crippen molar-refractivity contribution in [1.29, 1.82) is 0 Å². The molecule has 1 aromatic heterocycles. The molecule has 1 fully saturated rings. The molecule has 1 N–H and O–H groups in total. The second kappa shape index (κ2) is 4.96. The predicted octanol–water partition coefficient (Wildman–Crippen LogP) is 0.877. The number of carboxylic acids is 1. The summed E-state index contributed by atoms with van der Waals surface area (Å²) >= 11 is 0. The molecule has 1 aliphatic heterocycles. The molecule has 1 aromatic rings. The first-order valence-corrected chi connectivity index (χ1v) is 8.09. The van der Waals surface area contributed by atoms with Crippen LogP contribution in [0.1, 0.15) is 35.8 Å². The molecular weight excluding hydrogens is 268 g/mol. The summed E-state index contributed by atoms with van der Waals surface area (Å²) < 4.78 is 24.8. The molecule has 0 spiro atoms. The Bertz CT molecular complexity index is 603. The quantitative estimate of drug-likeness (QED) is 0.887. The third kappa shape index (κ3) is 2.97. The minimum absolute atomic E-state index is 0.0658. The summed E-state index contributed by atoms with van der Waals surface area (Å²) in [4.78, 5) is 10.6. The fraction of sp³-hybridized carbons (Fsp3) is 0.667. The lowest BCUT2D eigenvalue weighted by molar-refractivity contribution is -0.136. The molecule has 1 unspecified atom stereocenters. The second-order valence-corrected chi connectivity index (χ2v) is 7.27. The van der Waals surface area contributed by atoms with Gasteiger partial charge in [-0.05, 0) is 32.3 Å². The SMILES string of the molecule is Cc1nn(C2CCS(=O)(=O)C2)c(C)c1CCC(=O)O. The van der Waals surface area contributed by atoms with Crippen LogP contribution in [0.15, 0.2) is 0 Å². The summed E-state index contributed by atoms with van der Waals surface area (Å²) in [6.45, 7) is 3.71. The molecule has 0 radical (unpaired) electrons. The number of carbonyl (C=O) groups is 1. The van der Waals surface area contributed by atoms with Crippen LogP contribution in [0.2, 0.25) is 0 Å². The summed E-state index contributed by atoms with van der Waals surface area (Å²) in [5.41, 5.74) is 2.61. The molecule has 2 heterocycles. The van der Waals surface area contributed by atoms with Crippen LogP contribution in [-0.4, -0.2) is 40.8 Å². The normalized spacial score (nSPS) is 21.7. The number of carboxylic acid groups (broad SMARTS) is 1. The number of aryl methyl sites for hydroxylation is 1. The molecule has 7 heteroatoms. The third-order valence-electron chi connectivity index (χ3n) is 3.62. The third-order valence-corrected chi connectivity index (χ3v) is 5.37. The molecule has 1 saturated heterocycles. The smallest absolute Gasteiger partial charge is 0.303 e. The molecule has 0 aromatic carbocycles. The summed E-state index contributed by atoms with van der Waals surface area (Å²) in [7, 11) is -2.94. The maximum absolute atomic E-state index is 11.5. The topological polar surface area (TPSA) is 89.3 Å². The first-order chi connectivity index (χ1) is 8.80. The van der Waals surface area contributed by atoms with Gasteiger partial charge in [-0.1, -0.05) is 0 Å². The maximum Gasteiger partial charge on any atom is 0.303 e. The number of rotatable bonds is 4. The number of hydrogen-bond acceptors (Lipinski definition) is 4. The van der Waals surface area contributed by atoms with E-state index in [-0.39, 0.29) is 24.0 Å². The average molecular weight is 286 g/mol. The summed E-state index contributed by atoms with van der Waals surface area (Å²) in [6.07, 6.45) is 1.09. The molecule has 0 bridgehead atoms. The van der Waals surface area contributed by atoms with Crippen LogP contribution < -0.4 is 0 Å². The van der Waals surface area contributed by atoms with Gasteiger partial charge in [0.15, 0.2) is 9.84 Å². The van der Waals surface area contributed by atoms with Crippen molar-refractivity contribution in [3.05, 3.63) is 17.0 Å².